The van der Waals surface area contributed by atoms with Gasteiger partial charge >= 0.3 is 5.97 Å². The number of nitrogens with one attached hydrogen (secondary N) is 2. The van der Waals surface area contributed by atoms with Gasteiger partial charge in [0.2, 0.25) is 11.8 Å². The Hall–Kier alpha value is -1.89. The van der Waals surface area contributed by atoms with E-state index in [9.17, 15) is 14.4 Å². The molecule has 6 nitrogen and oxygen atoms in total. The van der Waals surface area contributed by atoms with Gasteiger partial charge in [0.25, 0.3) is 0 Å². The van der Waals surface area contributed by atoms with Crippen LogP contribution in [0.1, 0.15) is 44.5 Å². The first kappa shape index (κ1) is 18.2. The summed E-state index contributed by atoms with van der Waals surface area (Å²) in [6, 6.07) is 3.37. The van der Waals surface area contributed by atoms with Gasteiger partial charge in [-0.2, -0.15) is 0 Å². The molecule has 122 valence electrons. The van der Waals surface area contributed by atoms with E-state index in [4.69, 9.17) is 5.11 Å². The van der Waals surface area contributed by atoms with Crippen molar-refractivity contribution in [2.45, 2.75) is 39.7 Å². The number of aliphatic carboxylic acids is 1. The molecule has 1 heterocycles. The third-order valence-electron chi connectivity index (χ3n) is 3.30. The summed E-state index contributed by atoms with van der Waals surface area (Å²) in [5, 5.41) is 16.4. The fourth-order valence-electron chi connectivity index (χ4n) is 1.84. The van der Waals surface area contributed by atoms with Crippen molar-refractivity contribution < 1.29 is 19.5 Å². The molecule has 1 unspecified atom stereocenters. The van der Waals surface area contributed by atoms with Crippen LogP contribution in [-0.4, -0.2) is 29.4 Å². The molecule has 0 aromatic carbocycles. The second-order valence-electron chi connectivity index (χ2n) is 5.76. The van der Waals surface area contributed by atoms with Gasteiger partial charge in [-0.05, 0) is 31.7 Å². The van der Waals surface area contributed by atoms with Gasteiger partial charge in [0, 0.05) is 18.3 Å². The zero-order chi connectivity index (χ0) is 16.8. The second kappa shape index (κ2) is 7.93. The molecule has 22 heavy (non-hydrogen) atoms. The minimum atomic E-state index is -0.892. The maximum atomic E-state index is 12.0. The minimum absolute atomic E-state index is 0.133. The predicted octanol–water partition coefficient (Wildman–Crippen LogP) is 1.93. The van der Waals surface area contributed by atoms with E-state index >= 15 is 0 Å². The summed E-state index contributed by atoms with van der Waals surface area (Å²) in [4.78, 5) is 35.1. The zero-order valence-corrected chi connectivity index (χ0v) is 13.8. The number of carbonyl (C=O) groups excluding carboxylic acids is 2. The highest BCUT2D eigenvalue weighted by Crippen LogP contribution is 2.22. The van der Waals surface area contributed by atoms with Crippen LogP contribution in [0.5, 0.6) is 0 Å². The summed E-state index contributed by atoms with van der Waals surface area (Å²) in [5.74, 6) is -1.30. The fraction of sp³-hybridized carbons (Fsp3) is 0.533. The van der Waals surface area contributed by atoms with Crippen molar-refractivity contribution in [1.29, 1.82) is 0 Å². The lowest BCUT2D eigenvalue weighted by atomic mass is 9.90. The van der Waals surface area contributed by atoms with E-state index in [1.165, 1.54) is 18.3 Å². The molecule has 1 atom stereocenters. The normalized spacial score (nSPS) is 12.5. The first-order valence-corrected chi connectivity index (χ1v) is 7.91. The molecule has 0 saturated heterocycles. The number of carbonyl (C=O) groups is 3. The molecular formula is C15H22N2O4S. The number of thiophene rings is 1. The van der Waals surface area contributed by atoms with Crippen molar-refractivity contribution >= 4 is 29.1 Å². The van der Waals surface area contributed by atoms with Crippen molar-refractivity contribution in [2.24, 2.45) is 5.41 Å². The number of hydrogen-bond acceptors (Lipinski definition) is 4. The molecule has 1 rings (SSSR count). The van der Waals surface area contributed by atoms with E-state index in [1.807, 2.05) is 17.5 Å². The number of hydrogen-bond donors (Lipinski definition) is 3. The van der Waals surface area contributed by atoms with E-state index < -0.39 is 11.4 Å². The lowest BCUT2D eigenvalue weighted by Gasteiger charge is -2.20. The van der Waals surface area contributed by atoms with E-state index in [0.717, 1.165) is 4.88 Å². The lowest BCUT2D eigenvalue weighted by molar-refractivity contribution is -0.147. The molecule has 0 fully saturated rings. The van der Waals surface area contributed by atoms with Crippen molar-refractivity contribution in [2.75, 3.05) is 6.54 Å². The Kier molecular flexibility index (Phi) is 6.55. The highest BCUT2D eigenvalue weighted by atomic mass is 32.1. The number of carboxylic acids is 1. The lowest BCUT2D eigenvalue weighted by Crippen LogP contribution is -2.35. The Morgan fingerprint density at radius 3 is 2.55 bits per heavy atom. The molecule has 2 amide bonds. The van der Waals surface area contributed by atoms with Crippen LogP contribution in [0.2, 0.25) is 0 Å². The predicted molar refractivity (Wildman–Crippen MR) is 84.5 cm³/mol. The summed E-state index contributed by atoms with van der Waals surface area (Å²) in [5.41, 5.74) is -0.877. The largest absolute Gasteiger partial charge is 0.481 e. The van der Waals surface area contributed by atoms with Crippen LogP contribution in [-0.2, 0) is 14.4 Å². The molecule has 1 aromatic rings. The van der Waals surface area contributed by atoms with Gasteiger partial charge in [0.15, 0.2) is 0 Å². The van der Waals surface area contributed by atoms with E-state index in [2.05, 4.69) is 10.6 Å². The second-order valence-corrected chi connectivity index (χ2v) is 6.74. The standard InChI is InChI=1S/C15H22N2O4S/c1-10(18)17-11(12-5-4-8-22-12)9-13(19)16-7-6-15(2,3)14(20)21/h4-5,8,11H,6-7,9H2,1-3H3,(H,16,19)(H,17,18)(H,20,21). The molecular weight excluding hydrogens is 304 g/mol. The van der Waals surface area contributed by atoms with E-state index in [-0.39, 0.29) is 30.8 Å². The summed E-state index contributed by atoms with van der Waals surface area (Å²) < 4.78 is 0. The summed E-state index contributed by atoms with van der Waals surface area (Å²) in [6.45, 7) is 4.93. The zero-order valence-electron chi connectivity index (χ0n) is 13.0. The van der Waals surface area contributed by atoms with Crippen LogP contribution in [0.15, 0.2) is 17.5 Å². The molecule has 7 heteroatoms. The molecule has 0 radical (unpaired) electrons. The molecule has 0 aliphatic rings. The molecule has 0 bridgehead atoms. The van der Waals surface area contributed by atoms with Crippen molar-refractivity contribution in [3.05, 3.63) is 22.4 Å². The Morgan fingerprint density at radius 2 is 2.05 bits per heavy atom. The van der Waals surface area contributed by atoms with Gasteiger partial charge in [0.05, 0.1) is 17.9 Å². The highest BCUT2D eigenvalue weighted by Gasteiger charge is 2.26. The fourth-order valence-corrected chi connectivity index (χ4v) is 2.61. The van der Waals surface area contributed by atoms with Gasteiger partial charge in [-0.15, -0.1) is 11.3 Å². The van der Waals surface area contributed by atoms with Crippen molar-refractivity contribution in [1.82, 2.24) is 10.6 Å². The average Bonchev–Trinajstić information content (AvgIpc) is 2.90. The molecule has 0 saturated carbocycles. The average molecular weight is 326 g/mol. The van der Waals surface area contributed by atoms with Crippen LogP contribution in [0, 0.1) is 5.41 Å². The van der Waals surface area contributed by atoms with Crippen LogP contribution in [0.25, 0.3) is 0 Å². The molecule has 0 aliphatic heterocycles. The summed E-state index contributed by atoms with van der Waals surface area (Å²) in [7, 11) is 0. The molecule has 1 aromatic heterocycles. The third kappa shape index (κ3) is 5.85. The van der Waals surface area contributed by atoms with Crippen LogP contribution in [0.4, 0.5) is 0 Å². The van der Waals surface area contributed by atoms with E-state index in [1.54, 1.807) is 13.8 Å². The molecule has 0 spiro atoms. The number of rotatable bonds is 8. The monoisotopic (exact) mass is 326 g/mol. The smallest absolute Gasteiger partial charge is 0.309 e. The maximum Gasteiger partial charge on any atom is 0.309 e. The van der Waals surface area contributed by atoms with Crippen LogP contribution < -0.4 is 10.6 Å². The van der Waals surface area contributed by atoms with Crippen LogP contribution in [0.3, 0.4) is 0 Å². The Labute approximate surface area is 133 Å². The first-order chi connectivity index (χ1) is 10.2. The third-order valence-corrected chi connectivity index (χ3v) is 4.29. The van der Waals surface area contributed by atoms with Crippen molar-refractivity contribution in [3.8, 4) is 0 Å². The van der Waals surface area contributed by atoms with Gasteiger partial charge in [-0.1, -0.05) is 6.07 Å². The van der Waals surface area contributed by atoms with Gasteiger partial charge in [-0.3, -0.25) is 14.4 Å². The SMILES string of the molecule is CC(=O)NC(CC(=O)NCCC(C)(C)C(=O)O)c1cccs1. The summed E-state index contributed by atoms with van der Waals surface area (Å²) in [6.07, 6.45) is 0.478. The van der Waals surface area contributed by atoms with Crippen LogP contribution >= 0.6 is 11.3 Å². The highest BCUT2D eigenvalue weighted by molar-refractivity contribution is 7.10. The first-order valence-electron chi connectivity index (χ1n) is 7.03. The minimum Gasteiger partial charge on any atom is -0.481 e. The summed E-state index contributed by atoms with van der Waals surface area (Å²) >= 11 is 1.47. The Bertz CT molecular complexity index is 526. The van der Waals surface area contributed by atoms with Crippen molar-refractivity contribution in [3.63, 3.8) is 0 Å². The Morgan fingerprint density at radius 1 is 1.36 bits per heavy atom. The topological polar surface area (TPSA) is 95.5 Å². The van der Waals surface area contributed by atoms with E-state index in [0.29, 0.717) is 6.42 Å². The van der Waals surface area contributed by atoms with Gasteiger partial charge in [0.1, 0.15) is 0 Å². The number of carboxylic acid groups (broad SMARTS) is 1. The number of amides is 2. The van der Waals surface area contributed by atoms with Gasteiger partial charge < -0.3 is 15.7 Å². The quantitative estimate of drug-likeness (QED) is 0.680. The molecule has 3 N–H and O–H groups in total. The maximum absolute atomic E-state index is 12.0. The Balaban J connectivity index is 2.51. The molecule has 0 aliphatic carbocycles. The van der Waals surface area contributed by atoms with Gasteiger partial charge in [-0.25, -0.2) is 0 Å².